The maximum atomic E-state index is 3.12. The van der Waals surface area contributed by atoms with Crippen LogP contribution in [0.4, 0.5) is 17.1 Å². The molecule has 4 saturated carbocycles. The predicted octanol–water partition coefficient (Wildman–Crippen LogP) is 38.1. The van der Waals surface area contributed by atoms with E-state index in [1.54, 1.807) is 33.4 Å². The van der Waals surface area contributed by atoms with Gasteiger partial charge in [-0.3, -0.25) is 4.90 Å². The zero-order chi connectivity index (χ0) is 99.8. The van der Waals surface area contributed by atoms with Crippen molar-refractivity contribution >= 4 is 71.8 Å². The van der Waals surface area contributed by atoms with Gasteiger partial charge in [-0.2, -0.15) is 0 Å². The second-order valence-electron chi connectivity index (χ2n) is 46.6. The molecule has 16 aromatic rings. The highest BCUT2D eigenvalue weighted by Gasteiger charge is 2.41. The predicted molar refractivity (Wildman–Crippen MR) is 635 cm³/mol. The van der Waals surface area contributed by atoms with E-state index in [-0.39, 0.29) is 0 Å². The summed E-state index contributed by atoms with van der Waals surface area (Å²) in [4.78, 5) is 8.62. The molecular weight excluding hydrogens is 1810 g/mol. The number of para-hydroxylation sites is 5. The minimum absolute atomic E-state index is 0.455. The van der Waals surface area contributed by atoms with Crippen molar-refractivity contribution in [3.8, 4) is 44.8 Å². The highest BCUT2D eigenvalue weighted by atomic mass is 15.2. The van der Waals surface area contributed by atoms with Crippen LogP contribution in [0.1, 0.15) is 276 Å². The van der Waals surface area contributed by atoms with Gasteiger partial charge < -0.3 is 23.5 Å². The molecule has 6 atom stereocenters. The molecule has 150 heavy (non-hydrogen) atoms. The lowest BCUT2D eigenvalue weighted by molar-refractivity contribution is 0.0397. The van der Waals surface area contributed by atoms with Gasteiger partial charge in [-0.25, -0.2) is 0 Å². The van der Waals surface area contributed by atoms with E-state index < -0.39 is 0 Å². The molecule has 0 aliphatic heterocycles. The van der Waals surface area contributed by atoms with Crippen molar-refractivity contribution < 1.29 is 0 Å². The van der Waals surface area contributed by atoms with Gasteiger partial charge in [0.1, 0.15) is 0 Å². The molecule has 6 nitrogen and oxygen atoms in total. The molecule has 4 fully saturated rings. The van der Waals surface area contributed by atoms with E-state index in [0.717, 1.165) is 61.3 Å². The number of rotatable bonds is 21. The van der Waals surface area contributed by atoms with Crippen molar-refractivity contribution in [2.45, 2.75) is 299 Å². The van der Waals surface area contributed by atoms with Crippen LogP contribution in [-0.4, -0.2) is 54.9 Å². The standard InChI is InChI=1S/C60H62N2.C48H64N2.C36H28N2/c1-5-13-45(14-6-1)48-21-23-49(24-22-48)52-29-39-56(40-30-52)61(55-19-11-4-12-20-55)57-41-31-53(32-42-57)54-33-43-60(44-34-54)62(58-35-25-50(26-36-58)46-15-7-2-8-16-46)59-37-27-51(28-38-59)47-17-9-3-10-18-47;1-3-11-35(12-4-1)37-19-27-41(28-20-37)49(42-29-21-38(22-30-42)36-13-5-2-6-14-36)43-31-23-39(24-32-43)40-25-33-44(34-26-40)50-47-17-9-7-15-45(47)46-16-8-10-18-48(46)50;1-5-13-33-29(9-1)30-10-2-6-14-34(30)37(33)27-21-17-25(18-22-27)26-19-23-28(24-20-26)38-35-15-7-3-11-31(35)32-12-4-8-16-36(32)38/h1-9,11-16,19-27,29,33-36,43-44,47,53,56-57,59H,10,17-18,28,30-32,37-42H2;1,3-4,7,9,11-12,15,17,19,23,31,36,38-44H,2,5-6,8,10,13-14,16,18,20-22,24-30,32-34H2;1-3,5-7,9-11,13-15,17-24H,4,8,12,16H2. The molecule has 0 spiro atoms. The fourth-order valence-electron chi connectivity index (χ4n) is 30.5. The van der Waals surface area contributed by atoms with E-state index in [1.807, 2.05) is 0 Å². The normalized spacial score (nSPS) is 23.6. The van der Waals surface area contributed by atoms with Crippen LogP contribution in [0.2, 0.25) is 0 Å². The van der Waals surface area contributed by atoms with Gasteiger partial charge in [0.25, 0.3) is 0 Å². The number of aryl methyl sites for hydroxylation is 2. The number of nitrogens with zero attached hydrogens (tertiary/aromatic N) is 6. The summed E-state index contributed by atoms with van der Waals surface area (Å²) < 4.78 is 7.71. The van der Waals surface area contributed by atoms with Crippen molar-refractivity contribution in [2.24, 2.45) is 29.6 Å². The van der Waals surface area contributed by atoms with Crippen molar-refractivity contribution in [2.75, 3.05) is 9.80 Å². The fourth-order valence-corrected chi connectivity index (χ4v) is 30.5. The maximum absolute atomic E-state index is 3.12. The Labute approximate surface area is 893 Å². The number of benzene rings is 13. The number of aromatic nitrogens is 3. The van der Waals surface area contributed by atoms with Gasteiger partial charge in [-0.15, -0.1) is 0 Å². The van der Waals surface area contributed by atoms with Gasteiger partial charge in [0, 0.05) is 109 Å². The molecule has 6 heteroatoms. The van der Waals surface area contributed by atoms with Crippen LogP contribution in [-0.2, 0) is 25.7 Å². The summed E-state index contributed by atoms with van der Waals surface area (Å²) in [6.45, 7) is 0. The van der Waals surface area contributed by atoms with Gasteiger partial charge in [0.2, 0.25) is 0 Å². The number of anilines is 3. The van der Waals surface area contributed by atoms with Crippen LogP contribution < -0.4 is 9.80 Å². The molecule has 11 aliphatic carbocycles. The third-order valence-corrected chi connectivity index (χ3v) is 38.2. The first kappa shape index (κ1) is 97.8. The molecular formula is C144H154N6. The monoisotopic (exact) mass is 1970 g/mol. The van der Waals surface area contributed by atoms with Crippen molar-refractivity contribution in [1.82, 2.24) is 18.6 Å². The largest absolute Gasteiger partial charge is 0.365 e. The molecule has 27 rings (SSSR count). The van der Waals surface area contributed by atoms with Gasteiger partial charge in [0.05, 0.1) is 16.6 Å². The Hall–Kier alpha value is -13.0. The average Bonchev–Trinajstić information content (AvgIpc) is 1.60. The van der Waals surface area contributed by atoms with Crippen molar-refractivity contribution in [3.63, 3.8) is 0 Å². The molecule has 3 heterocycles. The van der Waals surface area contributed by atoms with Gasteiger partial charge >= 0.3 is 0 Å². The summed E-state index contributed by atoms with van der Waals surface area (Å²) in [5, 5.41) is 5.57. The minimum Gasteiger partial charge on any atom is -0.365 e. The quantitative estimate of drug-likeness (QED) is 0.0670. The molecule has 6 unspecified atom stereocenters. The van der Waals surface area contributed by atoms with Crippen LogP contribution >= 0.6 is 0 Å². The molecule has 3 aromatic heterocycles. The summed E-state index contributed by atoms with van der Waals surface area (Å²) in [7, 11) is 0. The highest BCUT2D eigenvalue weighted by Crippen LogP contribution is 2.51. The molecule has 760 valence electrons. The Bertz CT molecular complexity index is 7350. The number of hydrogen-bond donors (Lipinski definition) is 0. The minimum atomic E-state index is 0.455. The lowest BCUT2D eigenvalue weighted by Gasteiger charge is -2.48. The third-order valence-electron chi connectivity index (χ3n) is 38.2. The Morgan fingerprint density at radius 3 is 1.26 bits per heavy atom. The average molecular weight is 1970 g/mol. The second kappa shape index (κ2) is 45.7. The first-order valence-electron chi connectivity index (χ1n) is 59.1. The highest BCUT2D eigenvalue weighted by molar-refractivity contribution is 6.09. The molecule has 0 amide bonds. The first-order chi connectivity index (χ1) is 74.4. The first-order valence-corrected chi connectivity index (χ1v) is 59.1. The summed E-state index contributed by atoms with van der Waals surface area (Å²) in [5.74, 6) is 5.08. The lowest BCUT2D eigenvalue weighted by Crippen LogP contribution is -2.51. The van der Waals surface area contributed by atoms with Crippen LogP contribution in [0.25, 0.3) is 99.5 Å². The van der Waals surface area contributed by atoms with Gasteiger partial charge in [-0.05, 0) is 411 Å². The topological polar surface area (TPSA) is 24.5 Å². The van der Waals surface area contributed by atoms with Crippen molar-refractivity contribution in [1.29, 1.82) is 0 Å². The van der Waals surface area contributed by atoms with E-state index in [2.05, 4.69) is 411 Å². The summed E-state index contributed by atoms with van der Waals surface area (Å²) in [6.07, 6.45) is 69.6. The fraction of sp³-hybridized carbons (Fsp3) is 0.361. The zero-order valence-corrected chi connectivity index (χ0v) is 88.6. The summed E-state index contributed by atoms with van der Waals surface area (Å²) >= 11 is 0. The third kappa shape index (κ3) is 20.8. The Morgan fingerprint density at radius 2 is 0.700 bits per heavy atom. The van der Waals surface area contributed by atoms with Crippen LogP contribution in [0.3, 0.4) is 0 Å². The summed E-state index contributed by atoms with van der Waals surface area (Å²) in [5.41, 5.74) is 35.0. The van der Waals surface area contributed by atoms with E-state index in [0.29, 0.717) is 42.2 Å². The summed E-state index contributed by atoms with van der Waals surface area (Å²) in [6, 6.07) is 131. The second-order valence-corrected chi connectivity index (χ2v) is 46.6. The van der Waals surface area contributed by atoms with Crippen molar-refractivity contribution in [3.05, 3.63) is 427 Å². The van der Waals surface area contributed by atoms with Gasteiger partial charge in [0.15, 0.2) is 0 Å². The maximum Gasteiger partial charge on any atom is 0.0541 e. The molecule has 0 saturated heterocycles. The van der Waals surface area contributed by atoms with E-state index in [9.17, 15) is 0 Å². The molecule has 0 radical (unpaired) electrons. The Balaban J connectivity index is 0.000000120. The Morgan fingerprint density at radius 1 is 0.247 bits per heavy atom. The van der Waals surface area contributed by atoms with E-state index in [1.165, 1.54) is 353 Å². The SMILES string of the molecule is C1=CC(N(C2CC=C(c3ccccc3)CC2)C2CCC(C3CCCCC3)CC2)CCC1C1CCC(n2c3c(c4ccccc42)CCCC3)CC1.C1=CCC(C2=CCC(N(c3ccc(-c4ccccc4)cc3)c3ccc(C4CCC(N(c5ccccc5)C5CC=C(c6ccc(-c7ccccc7)cc6)CC5)CC4)cc3)CC2)CC1.c1ccc2c(c1)c1c(n2-c2ccc(-c3ccc(-n4c5ccccc5c5ccccc54)cc3)cc2)CCCC1. The van der Waals surface area contributed by atoms with Gasteiger partial charge in [-0.1, -0.05) is 335 Å². The number of hydrogen-bond acceptors (Lipinski definition) is 3. The lowest BCUT2D eigenvalue weighted by atomic mass is 9.71. The molecule has 11 aliphatic rings. The van der Waals surface area contributed by atoms with Crippen LogP contribution in [0, 0.1) is 29.6 Å². The van der Waals surface area contributed by atoms with E-state index in [4.69, 9.17) is 0 Å². The Kier molecular flexibility index (Phi) is 29.8. The molecule has 13 aromatic carbocycles. The van der Waals surface area contributed by atoms with Crippen LogP contribution in [0.5, 0.6) is 0 Å². The van der Waals surface area contributed by atoms with Crippen LogP contribution in [0.15, 0.2) is 388 Å². The number of allylic oxidation sites excluding steroid dienone is 6. The smallest absolute Gasteiger partial charge is 0.0541 e. The zero-order valence-electron chi connectivity index (χ0n) is 88.6. The molecule has 0 bridgehead atoms. The van der Waals surface area contributed by atoms with E-state index >= 15 is 0 Å². The molecule has 0 N–H and O–H groups in total. The number of fused-ring (bicyclic) bond motifs is 9.